The molecule has 11 heteroatoms. The summed E-state index contributed by atoms with van der Waals surface area (Å²) in [5.74, 6) is 0.361. The molecule has 0 aromatic heterocycles. The van der Waals surface area contributed by atoms with Gasteiger partial charge >= 0.3 is 0 Å². The molecule has 3 N–H and O–H groups in total. The van der Waals surface area contributed by atoms with Gasteiger partial charge in [-0.25, -0.2) is 13.1 Å². The van der Waals surface area contributed by atoms with E-state index in [1.165, 1.54) is 33.5 Å². The van der Waals surface area contributed by atoms with Gasteiger partial charge in [0.1, 0.15) is 5.75 Å². The van der Waals surface area contributed by atoms with Gasteiger partial charge in [-0.3, -0.25) is 9.59 Å². The van der Waals surface area contributed by atoms with Crippen LogP contribution in [0, 0.1) is 6.92 Å². The van der Waals surface area contributed by atoms with Gasteiger partial charge in [0.25, 0.3) is 0 Å². The van der Waals surface area contributed by atoms with Gasteiger partial charge in [-0.05, 0) is 25.1 Å². The molecule has 2 rings (SSSR count). The number of sulfonamides is 1. The molecule has 0 atom stereocenters. The summed E-state index contributed by atoms with van der Waals surface area (Å²) in [5.41, 5.74) is 1.56. The number of carbonyl (C=O) groups excluding carboxylic acids is 2. The molecule has 10 nitrogen and oxygen atoms in total. The lowest BCUT2D eigenvalue weighted by Crippen LogP contribution is -2.41. The average molecular weight is 466 g/mol. The fourth-order valence-corrected chi connectivity index (χ4v) is 3.67. The van der Waals surface area contributed by atoms with Gasteiger partial charge in [0, 0.05) is 18.2 Å². The highest BCUT2D eigenvalue weighted by Gasteiger charge is 2.16. The standard InChI is InChI=1S/C21H27N3O7S/c1-14-5-7-16(8-6-14)32(27,28)24-13-21(26)23-12-20(25)22-11-15-9-18(30-3)19(31-4)10-17(15)29-2/h5-10,24H,11-13H2,1-4H3,(H,22,25)(H,23,26). The summed E-state index contributed by atoms with van der Waals surface area (Å²) in [4.78, 5) is 24.1. The summed E-state index contributed by atoms with van der Waals surface area (Å²) < 4.78 is 42.4. The zero-order valence-corrected chi connectivity index (χ0v) is 19.2. The monoisotopic (exact) mass is 465 g/mol. The van der Waals surface area contributed by atoms with E-state index in [0.29, 0.717) is 22.8 Å². The van der Waals surface area contributed by atoms with E-state index in [2.05, 4.69) is 15.4 Å². The Bertz CT molecular complexity index is 1050. The second-order valence-corrected chi connectivity index (χ2v) is 8.48. The Morgan fingerprint density at radius 1 is 0.812 bits per heavy atom. The van der Waals surface area contributed by atoms with Crippen LogP contribution < -0.4 is 29.6 Å². The maximum atomic E-state index is 12.2. The molecule has 2 amide bonds. The van der Waals surface area contributed by atoms with E-state index in [9.17, 15) is 18.0 Å². The Morgan fingerprint density at radius 2 is 1.38 bits per heavy atom. The number of hydrogen-bond acceptors (Lipinski definition) is 7. The number of hydrogen-bond donors (Lipinski definition) is 3. The first kappa shape index (κ1) is 25.0. The van der Waals surface area contributed by atoms with Crippen LogP contribution in [-0.2, 0) is 26.2 Å². The van der Waals surface area contributed by atoms with E-state index in [1.807, 2.05) is 6.92 Å². The van der Waals surface area contributed by atoms with Crippen molar-refractivity contribution in [1.29, 1.82) is 0 Å². The number of methoxy groups -OCH3 is 3. The number of rotatable bonds is 11. The molecule has 0 aliphatic rings. The van der Waals surface area contributed by atoms with E-state index in [1.54, 1.807) is 24.3 Å². The molecule has 0 radical (unpaired) electrons. The molecule has 0 aliphatic carbocycles. The fourth-order valence-electron chi connectivity index (χ4n) is 2.69. The zero-order chi connectivity index (χ0) is 23.7. The summed E-state index contributed by atoms with van der Waals surface area (Å²) >= 11 is 0. The largest absolute Gasteiger partial charge is 0.496 e. The summed E-state index contributed by atoms with van der Waals surface area (Å²) in [6, 6.07) is 9.54. The highest BCUT2D eigenvalue weighted by Crippen LogP contribution is 2.34. The lowest BCUT2D eigenvalue weighted by Gasteiger charge is -2.14. The maximum Gasteiger partial charge on any atom is 0.241 e. The first-order valence-corrected chi connectivity index (χ1v) is 11.1. The third kappa shape index (κ3) is 6.86. The molecular weight excluding hydrogens is 438 g/mol. The number of ether oxygens (including phenoxy) is 3. The summed E-state index contributed by atoms with van der Waals surface area (Å²) in [7, 11) is 0.664. The van der Waals surface area contributed by atoms with Gasteiger partial charge in [0.05, 0.1) is 39.3 Å². The molecule has 0 spiro atoms. The van der Waals surface area contributed by atoms with Gasteiger partial charge in [-0.15, -0.1) is 0 Å². The van der Waals surface area contributed by atoms with Crippen molar-refractivity contribution in [3.8, 4) is 17.2 Å². The number of benzene rings is 2. The van der Waals surface area contributed by atoms with Crippen molar-refractivity contribution < 1.29 is 32.2 Å². The van der Waals surface area contributed by atoms with Crippen LogP contribution in [0.3, 0.4) is 0 Å². The SMILES string of the molecule is COc1cc(OC)c(OC)cc1CNC(=O)CNC(=O)CNS(=O)(=O)c1ccc(C)cc1. The topological polar surface area (TPSA) is 132 Å². The van der Waals surface area contributed by atoms with Crippen molar-refractivity contribution in [2.75, 3.05) is 34.4 Å². The first-order chi connectivity index (χ1) is 15.2. The smallest absolute Gasteiger partial charge is 0.241 e. The molecule has 32 heavy (non-hydrogen) atoms. The molecule has 0 saturated carbocycles. The molecule has 0 saturated heterocycles. The van der Waals surface area contributed by atoms with Crippen molar-refractivity contribution >= 4 is 21.8 Å². The molecule has 174 valence electrons. The fraction of sp³-hybridized carbons (Fsp3) is 0.333. The van der Waals surface area contributed by atoms with Crippen molar-refractivity contribution in [2.24, 2.45) is 0 Å². The van der Waals surface area contributed by atoms with Gasteiger partial charge in [-0.1, -0.05) is 17.7 Å². The number of aryl methyl sites for hydroxylation is 1. The van der Waals surface area contributed by atoms with Gasteiger partial charge in [0.2, 0.25) is 21.8 Å². The maximum absolute atomic E-state index is 12.2. The van der Waals surface area contributed by atoms with E-state index in [4.69, 9.17) is 14.2 Å². The molecular formula is C21H27N3O7S. The third-order valence-electron chi connectivity index (χ3n) is 4.46. The normalized spacial score (nSPS) is 10.9. The summed E-state index contributed by atoms with van der Waals surface area (Å²) in [5, 5.41) is 5.02. The van der Waals surface area contributed by atoms with Crippen molar-refractivity contribution in [3.05, 3.63) is 47.5 Å². The van der Waals surface area contributed by atoms with E-state index in [0.717, 1.165) is 5.56 Å². The van der Waals surface area contributed by atoms with Crippen LogP contribution in [0.15, 0.2) is 41.3 Å². The summed E-state index contributed by atoms with van der Waals surface area (Å²) in [6.45, 7) is 1.15. The molecule has 0 bridgehead atoms. The minimum Gasteiger partial charge on any atom is -0.496 e. The molecule has 0 heterocycles. The summed E-state index contributed by atoms with van der Waals surface area (Å²) in [6.07, 6.45) is 0. The van der Waals surface area contributed by atoms with Crippen LogP contribution in [0.4, 0.5) is 0 Å². The second-order valence-electron chi connectivity index (χ2n) is 6.71. The van der Waals surface area contributed by atoms with Crippen molar-refractivity contribution in [1.82, 2.24) is 15.4 Å². The molecule has 0 aliphatic heterocycles. The minimum absolute atomic E-state index is 0.0533. The Balaban J connectivity index is 1.84. The van der Waals surface area contributed by atoms with Crippen LogP contribution in [0.5, 0.6) is 17.2 Å². The predicted molar refractivity (Wildman–Crippen MR) is 117 cm³/mol. The molecule has 0 unspecified atom stereocenters. The van der Waals surface area contributed by atoms with E-state index in [-0.39, 0.29) is 18.0 Å². The van der Waals surface area contributed by atoms with Gasteiger partial charge < -0.3 is 24.8 Å². The molecule has 2 aromatic rings. The first-order valence-electron chi connectivity index (χ1n) is 9.58. The van der Waals surface area contributed by atoms with Crippen LogP contribution in [0.25, 0.3) is 0 Å². The van der Waals surface area contributed by atoms with Gasteiger partial charge in [-0.2, -0.15) is 0 Å². The van der Waals surface area contributed by atoms with E-state index >= 15 is 0 Å². The quantitative estimate of drug-likeness (QED) is 0.446. The number of nitrogens with one attached hydrogen (secondary N) is 3. The second kappa shape index (κ2) is 11.3. The Morgan fingerprint density at radius 3 is 1.97 bits per heavy atom. The van der Waals surface area contributed by atoms with Crippen LogP contribution >= 0.6 is 0 Å². The zero-order valence-electron chi connectivity index (χ0n) is 18.4. The Labute approximate surface area is 187 Å². The highest BCUT2D eigenvalue weighted by molar-refractivity contribution is 7.89. The number of amides is 2. The lowest BCUT2D eigenvalue weighted by atomic mass is 10.1. The van der Waals surface area contributed by atoms with Crippen molar-refractivity contribution in [2.45, 2.75) is 18.4 Å². The predicted octanol–water partition coefficient (Wildman–Crippen LogP) is 0.732. The minimum atomic E-state index is -3.82. The third-order valence-corrected chi connectivity index (χ3v) is 5.88. The average Bonchev–Trinajstić information content (AvgIpc) is 2.79. The van der Waals surface area contributed by atoms with E-state index < -0.39 is 28.4 Å². The van der Waals surface area contributed by atoms with Crippen LogP contribution in [-0.4, -0.2) is 54.7 Å². The van der Waals surface area contributed by atoms with Crippen LogP contribution in [0.2, 0.25) is 0 Å². The molecule has 2 aromatic carbocycles. The van der Waals surface area contributed by atoms with Gasteiger partial charge in [0.15, 0.2) is 11.5 Å². The van der Waals surface area contributed by atoms with Crippen molar-refractivity contribution in [3.63, 3.8) is 0 Å². The highest BCUT2D eigenvalue weighted by atomic mass is 32.2. The lowest BCUT2D eigenvalue weighted by molar-refractivity contribution is -0.125. The van der Waals surface area contributed by atoms with Crippen LogP contribution in [0.1, 0.15) is 11.1 Å². The number of carbonyl (C=O) groups is 2. The molecule has 0 fully saturated rings. The Kier molecular flexibility index (Phi) is 8.85. The Hall–Kier alpha value is -3.31.